The molecule has 0 saturated carbocycles. The molecule has 3 nitrogen and oxygen atoms in total. The number of nitrogen functional groups attached to an aromatic ring is 1. The lowest BCUT2D eigenvalue weighted by Gasteiger charge is -2.42. The molecule has 0 spiro atoms. The largest absolute Gasteiger partial charge is 0.416 e. The lowest BCUT2D eigenvalue weighted by Crippen LogP contribution is -2.50. The van der Waals surface area contributed by atoms with Crippen molar-refractivity contribution < 1.29 is 13.2 Å². The Bertz CT molecular complexity index is 505. The lowest BCUT2D eigenvalue weighted by atomic mass is 10.0. The molecule has 1 aromatic carbocycles. The molecule has 1 saturated heterocycles. The molecule has 2 atom stereocenters. The number of nitrogens with zero attached hydrogens (tertiary/aromatic N) is 2. The second-order valence-electron chi connectivity index (χ2n) is 5.51. The molecule has 118 valence electrons. The molecular weight excluding hydrogens is 394 g/mol. The van der Waals surface area contributed by atoms with Crippen molar-refractivity contribution in [2.24, 2.45) is 0 Å². The average Bonchev–Trinajstić information content (AvgIpc) is 2.38. The van der Waals surface area contributed by atoms with Gasteiger partial charge >= 0.3 is 6.18 Å². The molecule has 7 heteroatoms. The van der Waals surface area contributed by atoms with Crippen LogP contribution in [0.4, 0.5) is 24.5 Å². The monoisotopic (exact) mass is 413 g/mol. The molecule has 2 unspecified atom stereocenters. The summed E-state index contributed by atoms with van der Waals surface area (Å²) in [6, 6.07) is 3.98. The van der Waals surface area contributed by atoms with E-state index in [9.17, 15) is 13.2 Å². The van der Waals surface area contributed by atoms with E-state index in [1.807, 2.05) is 14.1 Å². The Kier molecular flexibility index (Phi) is 4.92. The molecule has 1 aromatic rings. The van der Waals surface area contributed by atoms with Gasteiger partial charge in [0.2, 0.25) is 0 Å². The van der Waals surface area contributed by atoms with Gasteiger partial charge in [-0.2, -0.15) is 13.2 Å². The highest BCUT2D eigenvalue weighted by molar-refractivity contribution is 14.1. The fourth-order valence-electron chi connectivity index (χ4n) is 2.69. The van der Waals surface area contributed by atoms with Gasteiger partial charge in [0.25, 0.3) is 0 Å². The number of benzene rings is 1. The van der Waals surface area contributed by atoms with E-state index in [0.717, 1.165) is 31.5 Å². The highest BCUT2D eigenvalue weighted by atomic mass is 127. The number of piperidine rings is 1. The van der Waals surface area contributed by atoms with Gasteiger partial charge in [-0.15, -0.1) is 0 Å². The van der Waals surface area contributed by atoms with Crippen LogP contribution >= 0.6 is 22.6 Å². The van der Waals surface area contributed by atoms with E-state index in [4.69, 9.17) is 5.73 Å². The highest BCUT2D eigenvalue weighted by Crippen LogP contribution is 2.37. The second kappa shape index (κ2) is 6.20. The molecule has 0 bridgehead atoms. The lowest BCUT2D eigenvalue weighted by molar-refractivity contribution is -0.137. The van der Waals surface area contributed by atoms with Crippen molar-refractivity contribution in [2.75, 3.05) is 31.3 Å². The molecular formula is C14H19F3IN3. The summed E-state index contributed by atoms with van der Waals surface area (Å²) in [4.78, 5) is 4.26. The fourth-order valence-corrected chi connectivity index (χ4v) is 4.27. The molecule has 0 aromatic heterocycles. The molecule has 21 heavy (non-hydrogen) atoms. The number of nitrogens with two attached hydrogens (primary N) is 1. The number of likely N-dealkylation sites (N-methyl/N-ethyl adjacent to an activating group) is 1. The molecule has 2 N–H and O–H groups in total. The van der Waals surface area contributed by atoms with Crippen LogP contribution in [-0.4, -0.2) is 35.6 Å². The van der Waals surface area contributed by atoms with Crippen molar-refractivity contribution in [2.45, 2.75) is 29.1 Å². The maximum absolute atomic E-state index is 12.7. The van der Waals surface area contributed by atoms with E-state index >= 15 is 0 Å². The molecule has 0 radical (unpaired) electrons. The number of anilines is 2. The molecule has 2 rings (SSSR count). The van der Waals surface area contributed by atoms with Crippen LogP contribution in [0.5, 0.6) is 0 Å². The first-order valence-electron chi connectivity index (χ1n) is 6.75. The Morgan fingerprint density at radius 3 is 2.52 bits per heavy atom. The third kappa shape index (κ3) is 3.56. The smallest absolute Gasteiger partial charge is 0.397 e. The third-order valence-corrected chi connectivity index (χ3v) is 5.34. The normalized spacial score (nSPS) is 23.7. The van der Waals surface area contributed by atoms with E-state index in [2.05, 4.69) is 32.4 Å². The highest BCUT2D eigenvalue weighted by Gasteiger charge is 2.34. The van der Waals surface area contributed by atoms with Crippen molar-refractivity contribution in [1.82, 2.24) is 4.90 Å². The third-order valence-electron chi connectivity index (χ3n) is 3.84. The van der Waals surface area contributed by atoms with Gasteiger partial charge in [0.1, 0.15) is 0 Å². The minimum absolute atomic E-state index is 0.186. The molecule has 0 aliphatic carbocycles. The van der Waals surface area contributed by atoms with Gasteiger partial charge in [0.05, 0.1) is 21.0 Å². The summed E-state index contributed by atoms with van der Waals surface area (Å²) in [7, 11) is 4.05. The fraction of sp³-hybridized carbons (Fsp3) is 0.571. The zero-order valence-corrected chi connectivity index (χ0v) is 14.1. The van der Waals surface area contributed by atoms with Gasteiger partial charge < -0.3 is 15.5 Å². The minimum atomic E-state index is -4.36. The first-order valence-corrected chi connectivity index (χ1v) is 8.00. The maximum Gasteiger partial charge on any atom is 0.416 e. The van der Waals surface area contributed by atoms with Crippen molar-refractivity contribution in [3.63, 3.8) is 0 Å². The van der Waals surface area contributed by atoms with Crippen molar-refractivity contribution >= 4 is 34.0 Å². The van der Waals surface area contributed by atoms with Gasteiger partial charge in [-0.25, -0.2) is 0 Å². The van der Waals surface area contributed by atoms with Crippen molar-refractivity contribution in [3.8, 4) is 0 Å². The van der Waals surface area contributed by atoms with E-state index in [-0.39, 0.29) is 9.74 Å². The predicted octanol–water partition coefficient (Wildman–Crippen LogP) is 3.58. The van der Waals surface area contributed by atoms with Crippen LogP contribution in [-0.2, 0) is 6.18 Å². The number of halogens is 4. The quantitative estimate of drug-likeness (QED) is 0.348. The first kappa shape index (κ1) is 16.7. The van der Waals surface area contributed by atoms with Crippen LogP contribution in [0.2, 0.25) is 0 Å². The van der Waals surface area contributed by atoms with Crippen LogP contribution < -0.4 is 10.6 Å². The van der Waals surface area contributed by atoms with E-state index in [1.165, 1.54) is 6.07 Å². The summed E-state index contributed by atoms with van der Waals surface area (Å²) in [5, 5.41) is 0. The van der Waals surface area contributed by atoms with E-state index in [1.54, 1.807) is 0 Å². The first-order chi connectivity index (χ1) is 9.71. The molecule has 1 aliphatic heterocycles. The van der Waals surface area contributed by atoms with Crippen molar-refractivity contribution in [3.05, 3.63) is 23.8 Å². The summed E-state index contributed by atoms with van der Waals surface area (Å²) in [5.74, 6) is 0. The Morgan fingerprint density at radius 1 is 1.33 bits per heavy atom. The van der Waals surface area contributed by atoms with E-state index in [0.29, 0.717) is 11.7 Å². The molecule has 1 aliphatic rings. The number of rotatable bonds is 2. The summed E-state index contributed by atoms with van der Waals surface area (Å²) in [6.07, 6.45) is -2.27. The van der Waals surface area contributed by atoms with Gasteiger partial charge in [-0.3, -0.25) is 0 Å². The summed E-state index contributed by atoms with van der Waals surface area (Å²) < 4.78 is 38.3. The molecule has 0 amide bonds. The summed E-state index contributed by atoms with van der Waals surface area (Å²) >= 11 is 2.35. The summed E-state index contributed by atoms with van der Waals surface area (Å²) in [5.41, 5.74) is 6.05. The van der Waals surface area contributed by atoms with Crippen LogP contribution in [0.3, 0.4) is 0 Å². The average molecular weight is 413 g/mol. The summed E-state index contributed by atoms with van der Waals surface area (Å²) in [6.45, 7) is 0.813. The number of hydrogen-bond donors (Lipinski definition) is 1. The van der Waals surface area contributed by atoms with Crippen molar-refractivity contribution in [1.29, 1.82) is 0 Å². The Hall–Kier alpha value is -0.700. The Balaban J connectivity index is 2.29. The molecule has 1 fully saturated rings. The van der Waals surface area contributed by atoms with Gasteiger partial charge in [0.15, 0.2) is 0 Å². The maximum atomic E-state index is 12.7. The number of hydrogen-bond acceptors (Lipinski definition) is 3. The minimum Gasteiger partial charge on any atom is -0.397 e. The standard InChI is InChI=1S/C14H19F3IN3/c1-20(2)12-4-3-7-21(13(12)18)11-6-5-9(8-10(11)19)14(15,16)17/h5-6,8,12-13H,3-4,7,19H2,1-2H3. The van der Waals surface area contributed by atoms with Gasteiger partial charge in [0, 0.05) is 12.6 Å². The van der Waals surface area contributed by atoms with E-state index < -0.39 is 11.7 Å². The Morgan fingerprint density at radius 2 is 2.00 bits per heavy atom. The zero-order chi connectivity index (χ0) is 15.8. The SMILES string of the molecule is CN(C)C1CCCN(c2ccc(C(F)(F)F)cc2N)C1I. The number of alkyl halides is 4. The predicted molar refractivity (Wildman–Crippen MR) is 87.7 cm³/mol. The second-order valence-corrected chi connectivity index (χ2v) is 6.79. The van der Waals surface area contributed by atoms with Gasteiger partial charge in [-0.05, 0) is 45.1 Å². The van der Waals surface area contributed by atoms with Crippen LogP contribution in [0, 0.1) is 0 Å². The Labute approximate surface area is 136 Å². The topological polar surface area (TPSA) is 32.5 Å². The molecule has 1 heterocycles. The zero-order valence-electron chi connectivity index (χ0n) is 12.0. The van der Waals surface area contributed by atoms with Crippen LogP contribution in [0.1, 0.15) is 18.4 Å². The van der Waals surface area contributed by atoms with Crippen LogP contribution in [0.15, 0.2) is 18.2 Å². The van der Waals surface area contributed by atoms with Crippen LogP contribution in [0.25, 0.3) is 0 Å². The van der Waals surface area contributed by atoms with Gasteiger partial charge in [-0.1, -0.05) is 22.6 Å².